The van der Waals surface area contributed by atoms with Crippen LogP contribution in [0.4, 0.5) is 14.9 Å². The van der Waals surface area contributed by atoms with Crippen LogP contribution in [0.15, 0.2) is 22.7 Å². The number of rotatable bonds is 5. The molecular formula is C13H16BrFN2O3. The molecule has 1 unspecified atom stereocenters. The van der Waals surface area contributed by atoms with Crippen molar-refractivity contribution in [2.24, 2.45) is 5.92 Å². The number of carboxylic acids is 1. The Bertz CT molecular complexity index is 510. The monoisotopic (exact) mass is 346 g/mol. The zero-order chi connectivity index (χ0) is 15.3. The number of nitrogens with zero attached hydrogens (tertiary/aromatic N) is 1. The summed E-state index contributed by atoms with van der Waals surface area (Å²) in [5.74, 6) is -2.03. The van der Waals surface area contributed by atoms with E-state index in [1.54, 1.807) is 6.92 Å². The Labute approximate surface area is 124 Å². The highest BCUT2D eigenvalue weighted by Crippen LogP contribution is 2.23. The largest absolute Gasteiger partial charge is 0.481 e. The van der Waals surface area contributed by atoms with Crippen LogP contribution in [0.5, 0.6) is 0 Å². The van der Waals surface area contributed by atoms with Gasteiger partial charge in [0.15, 0.2) is 0 Å². The summed E-state index contributed by atoms with van der Waals surface area (Å²) in [6.45, 7) is 3.78. The number of carbonyl (C=O) groups excluding carboxylic acids is 1. The topological polar surface area (TPSA) is 69.6 Å². The van der Waals surface area contributed by atoms with Gasteiger partial charge in [0.1, 0.15) is 5.82 Å². The average Bonchev–Trinajstić information content (AvgIpc) is 2.38. The van der Waals surface area contributed by atoms with Crippen molar-refractivity contribution in [2.45, 2.75) is 13.8 Å². The highest BCUT2D eigenvalue weighted by atomic mass is 79.9. The van der Waals surface area contributed by atoms with Gasteiger partial charge in [0.05, 0.1) is 11.6 Å². The zero-order valence-electron chi connectivity index (χ0n) is 11.2. The molecule has 2 amide bonds. The average molecular weight is 347 g/mol. The molecule has 1 rings (SSSR count). The van der Waals surface area contributed by atoms with E-state index in [9.17, 15) is 14.0 Å². The summed E-state index contributed by atoms with van der Waals surface area (Å²) < 4.78 is 13.4. The van der Waals surface area contributed by atoms with Gasteiger partial charge in [0.25, 0.3) is 0 Å². The van der Waals surface area contributed by atoms with E-state index in [1.165, 1.54) is 30.0 Å². The SMILES string of the molecule is CCN(CC(C)C(=O)O)C(=O)Nc1ccc(F)cc1Br. The number of halogens is 2. The highest BCUT2D eigenvalue weighted by molar-refractivity contribution is 9.10. The minimum absolute atomic E-state index is 0.108. The van der Waals surface area contributed by atoms with Crippen LogP contribution in [0.25, 0.3) is 0 Å². The summed E-state index contributed by atoms with van der Waals surface area (Å²) in [7, 11) is 0. The molecule has 110 valence electrons. The number of amides is 2. The molecule has 1 atom stereocenters. The van der Waals surface area contributed by atoms with Crippen LogP contribution in [0.2, 0.25) is 0 Å². The van der Waals surface area contributed by atoms with Crippen LogP contribution in [-0.4, -0.2) is 35.1 Å². The first-order valence-corrected chi connectivity index (χ1v) is 6.88. The summed E-state index contributed by atoms with van der Waals surface area (Å²) in [6, 6.07) is 3.49. The zero-order valence-corrected chi connectivity index (χ0v) is 12.8. The standard InChI is InChI=1S/C13H16BrFN2O3/c1-3-17(7-8(2)12(18)19)13(20)16-11-5-4-9(15)6-10(11)14/h4-6,8H,3,7H2,1-2H3,(H,16,20)(H,18,19). The van der Waals surface area contributed by atoms with Crippen LogP contribution in [0, 0.1) is 11.7 Å². The second-order valence-corrected chi connectivity index (χ2v) is 5.19. The molecule has 1 aromatic carbocycles. The second-order valence-electron chi connectivity index (χ2n) is 4.33. The molecule has 0 aromatic heterocycles. The first kappa shape index (κ1) is 16.4. The Kier molecular flexibility index (Phi) is 5.94. The molecule has 0 radical (unpaired) electrons. The lowest BCUT2D eigenvalue weighted by Crippen LogP contribution is -2.39. The first-order chi connectivity index (χ1) is 9.35. The van der Waals surface area contributed by atoms with Crippen molar-refractivity contribution in [3.05, 3.63) is 28.5 Å². The fourth-order valence-corrected chi connectivity index (χ4v) is 2.00. The van der Waals surface area contributed by atoms with Crippen molar-refractivity contribution in [3.63, 3.8) is 0 Å². The van der Waals surface area contributed by atoms with Crippen molar-refractivity contribution in [3.8, 4) is 0 Å². The molecule has 20 heavy (non-hydrogen) atoms. The van der Waals surface area contributed by atoms with Gasteiger partial charge in [0, 0.05) is 17.6 Å². The third kappa shape index (κ3) is 4.48. The predicted octanol–water partition coefficient (Wildman–Crippen LogP) is 3.16. The number of hydrogen-bond donors (Lipinski definition) is 2. The van der Waals surface area contributed by atoms with E-state index in [-0.39, 0.29) is 6.54 Å². The number of carbonyl (C=O) groups is 2. The lowest BCUT2D eigenvalue weighted by molar-refractivity contribution is -0.141. The Balaban J connectivity index is 2.74. The van der Waals surface area contributed by atoms with E-state index < -0.39 is 23.7 Å². The number of nitrogens with one attached hydrogen (secondary N) is 1. The van der Waals surface area contributed by atoms with Crippen LogP contribution in [-0.2, 0) is 4.79 Å². The molecule has 0 aliphatic carbocycles. The van der Waals surface area contributed by atoms with Gasteiger partial charge in [-0.2, -0.15) is 0 Å². The Hall–Kier alpha value is -1.63. The molecule has 5 nitrogen and oxygen atoms in total. The molecule has 0 saturated heterocycles. The van der Waals surface area contributed by atoms with Crippen molar-refractivity contribution in [1.29, 1.82) is 0 Å². The van der Waals surface area contributed by atoms with Crippen LogP contribution >= 0.6 is 15.9 Å². The van der Waals surface area contributed by atoms with E-state index in [4.69, 9.17) is 5.11 Å². The molecular weight excluding hydrogens is 331 g/mol. The van der Waals surface area contributed by atoms with Crippen molar-refractivity contribution in [1.82, 2.24) is 4.90 Å². The normalized spacial score (nSPS) is 11.8. The van der Waals surface area contributed by atoms with Gasteiger partial charge in [-0.1, -0.05) is 6.92 Å². The quantitative estimate of drug-likeness (QED) is 0.860. The van der Waals surface area contributed by atoms with Crippen LogP contribution < -0.4 is 5.32 Å². The van der Waals surface area contributed by atoms with Gasteiger partial charge >= 0.3 is 12.0 Å². The molecule has 0 heterocycles. The van der Waals surface area contributed by atoms with E-state index in [0.29, 0.717) is 16.7 Å². The van der Waals surface area contributed by atoms with E-state index in [0.717, 1.165) is 0 Å². The maximum Gasteiger partial charge on any atom is 0.321 e. The van der Waals surface area contributed by atoms with E-state index in [1.807, 2.05) is 0 Å². The molecule has 2 N–H and O–H groups in total. The van der Waals surface area contributed by atoms with Gasteiger partial charge in [-0.15, -0.1) is 0 Å². The third-order valence-electron chi connectivity index (χ3n) is 2.76. The molecule has 0 spiro atoms. The van der Waals surface area contributed by atoms with Crippen molar-refractivity contribution in [2.75, 3.05) is 18.4 Å². The third-order valence-corrected chi connectivity index (χ3v) is 3.41. The number of anilines is 1. The second kappa shape index (κ2) is 7.23. The van der Waals surface area contributed by atoms with Crippen LogP contribution in [0.3, 0.4) is 0 Å². The van der Waals surface area contributed by atoms with E-state index in [2.05, 4.69) is 21.2 Å². The lowest BCUT2D eigenvalue weighted by atomic mass is 10.2. The Morgan fingerprint density at radius 3 is 2.65 bits per heavy atom. The number of urea groups is 1. The van der Waals surface area contributed by atoms with Gasteiger partial charge in [0.2, 0.25) is 0 Å². The maximum absolute atomic E-state index is 13.0. The van der Waals surface area contributed by atoms with Gasteiger partial charge in [-0.05, 0) is 41.1 Å². The lowest BCUT2D eigenvalue weighted by Gasteiger charge is -2.23. The van der Waals surface area contributed by atoms with Gasteiger partial charge < -0.3 is 15.3 Å². The summed E-state index contributed by atoms with van der Waals surface area (Å²) in [4.78, 5) is 24.2. The Morgan fingerprint density at radius 2 is 2.15 bits per heavy atom. The summed E-state index contributed by atoms with van der Waals surface area (Å²) in [5, 5.41) is 11.5. The van der Waals surface area contributed by atoms with Crippen molar-refractivity contribution < 1.29 is 19.1 Å². The molecule has 0 fully saturated rings. The van der Waals surface area contributed by atoms with Crippen molar-refractivity contribution >= 4 is 33.6 Å². The molecule has 1 aromatic rings. The highest BCUT2D eigenvalue weighted by Gasteiger charge is 2.19. The molecule has 0 bridgehead atoms. The first-order valence-electron chi connectivity index (χ1n) is 6.09. The number of hydrogen-bond acceptors (Lipinski definition) is 2. The predicted molar refractivity (Wildman–Crippen MR) is 77.2 cm³/mol. The fourth-order valence-electron chi connectivity index (χ4n) is 1.55. The van der Waals surface area contributed by atoms with Gasteiger partial charge in [-0.3, -0.25) is 4.79 Å². The maximum atomic E-state index is 13.0. The molecule has 0 aliphatic rings. The minimum Gasteiger partial charge on any atom is -0.481 e. The fraction of sp³-hybridized carbons (Fsp3) is 0.385. The summed E-state index contributed by atoms with van der Waals surface area (Å²) in [5.41, 5.74) is 0.429. The number of benzene rings is 1. The molecule has 7 heteroatoms. The molecule has 0 aliphatic heterocycles. The van der Waals surface area contributed by atoms with Crippen LogP contribution in [0.1, 0.15) is 13.8 Å². The summed E-state index contributed by atoms with van der Waals surface area (Å²) >= 11 is 3.15. The number of aliphatic carboxylic acids is 1. The summed E-state index contributed by atoms with van der Waals surface area (Å²) in [6.07, 6.45) is 0. The van der Waals surface area contributed by atoms with E-state index >= 15 is 0 Å². The number of carboxylic acid groups (broad SMARTS) is 1. The minimum atomic E-state index is -0.959. The Morgan fingerprint density at radius 1 is 1.50 bits per heavy atom. The van der Waals surface area contributed by atoms with Gasteiger partial charge in [-0.25, -0.2) is 9.18 Å². The smallest absolute Gasteiger partial charge is 0.321 e. The molecule has 0 saturated carbocycles.